The van der Waals surface area contributed by atoms with Crippen LogP contribution in [0.2, 0.25) is 0 Å². The zero-order valence-corrected chi connectivity index (χ0v) is 14.7. The van der Waals surface area contributed by atoms with Gasteiger partial charge in [0.05, 0.1) is 24.8 Å². The van der Waals surface area contributed by atoms with E-state index in [-0.39, 0.29) is 12.7 Å². The second-order valence-electron chi connectivity index (χ2n) is 6.04. The van der Waals surface area contributed by atoms with E-state index < -0.39 is 5.97 Å². The Balaban J connectivity index is 1.94. The van der Waals surface area contributed by atoms with E-state index in [1.807, 2.05) is 18.2 Å². The molecule has 0 bridgehead atoms. The van der Waals surface area contributed by atoms with Gasteiger partial charge in [0.2, 0.25) is 6.79 Å². The number of hydrogen-bond acceptors (Lipinski definition) is 6. The standard InChI is InChI=1S/C18H20N2O5/c1-11-16(18(22)23-4)13(9-19(2)3)17(21)20(11)8-12-5-6-14-15(7-12)25-10-24-14/h5-7,9H,8,10H2,1-4H3. The van der Waals surface area contributed by atoms with E-state index in [2.05, 4.69) is 0 Å². The van der Waals surface area contributed by atoms with Crippen molar-refractivity contribution < 1.29 is 23.8 Å². The molecule has 2 heterocycles. The Labute approximate surface area is 146 Å². The maximum absolute atomic E-state index is 12.8. The van der Waals surface area contributed by atoms with Crippen molar-refractivity contribution in [1.29, 1.82) is 0 Å². The van der Waals surface area contributed by atoms with Crippen molar-refractivity contribution in [2.75, 3.05) is 28.0 Å². The summed E-state index contributed by atoms with van der Waals surface area (Å²) in [7, 11) is 4.90. The average molecular weight is 344 g/mol. The van der Waals surface area contributed by atoms with Crippen molar-refractivity contribution in [2.45, 2.75) is 13.5 Å². The van der Waals surface area contributed by atoms with Gasteiger partial charge in [-0.2, -0.15) is 0 Å². The molecule has 0 spiro atoms. The second-order valence-corrected chi connectivity index (χ2v) is 6.04. The maximum atomic E-state index is 12.8. The maximum Gasteiger partial charge on any atom is 0.340 e. The van der Waals surface area contributed by atoms with Gasteiger partial charge >= 0.3 is 5.97 Å². The molecule has 1 aromatic rings. The Hall–Kier alpha value is -2.96. The number of fused-ring (bicyclic) bond motifs is 1. The number of carbonyl (C=O) groups excluding carboxylic acids is 2. The molecule has 0 saturated carbocycles. The normalized spacial score (nSPS) is 17.5. The minimum absolute atomic E-state index is 0.197. The zero-order valence-electron chi connectivity index (χ0n) is 14.7. The first-order chi connectivity index (χ1) is 11.9. The third-order valence-corrected chi connectivity index (χ3v) is 4.07. The molecule has 25 heavy (non-hydrogen) atoms. The molecule has 3 rings (SSSR count). The molecule has 0 aromatic heterocycles. The van der Waals surface area contributed by atoms with Crippen molar-refractivity contribution in [2.24, 2.45) is 0 Å². The summed E-state index contributed by atoms with van der Waals surface area (Å²) >= 11 is 0. The number of methoxy groups -OCH3 is 1. The first kappa shape index (κ1) is 16.9. The number of allylic oxidation sites excluding steroid dienone is 1. The van der Waals surface area contributed by atoms with Crippen LogP contribution >= 0.6 is 0 Å². The van der Waals surface area contributed by atoms with Gasteiger partial charge in [0.1, 0.15) is 0 Å². The summed E-state index contributed by atoms with van der Waals surface area (Å²) in [6.45, 7) is 2.27. The smallest absolute Gasteiger partial charge is 0.340 e. The minimum atomic E-state index is -0.521. The van der Waals surface area contributed by atoms with Crippen LogP contribution in [0, 0.1) is 0 Å². The lowest BCUT2D eigenvalue weighted by molar-refractivity contribution is -0.136. The van der Waals surface area contributed by atoms with Crippen LogP contribution in [0.1, 0.15) is 12.5 Å². The molecule has 0 fully saturated rings. The van der Waals surface area contributed by atoms with Gasteiger partial charge in [-0.15, -0.1) is 0 Å². The zero-order chi connectivity index (χ0) is 18.1. The predicted octanol–water partition coefficient (Wildman–Crippen LogP) is 1.65. The van der Waals surface area contributed by atoms with Crippen molar-refractivity contribution in [1.82, 2.24) is 9.80 Å². The quantitative estimate of drug-likeness (QED) is 0.611. The molecule has 0 N–H and O–H groups in total. The molecule has 7 heteroatoms. The summed E-state index contributed by atoms with van der Waals surface area (Å²) in [5, 5.41) is 0. The fourth-order valence-corrected chi connectivity index (χ4v) is 2.88. The van der Waals surface area contributed by atoms with E-state index >= 15 is 0 Å². The van der Waals surface area contributed by atoms with Crippen LogP contribution in [-0.2, 0) is 20.9 Å². The first-order valence-electron chi connectivity index (χ1n) is 7.80. The summed E-state index contributed by atoms with van der Waals surface area (Å²) in [6.07, 6.45) is 1.64. The molecule has 0 saturated heterocycles. The summed E-state index contributed by atoms with van der Waals surface area (Å²) in [5.41, 5.74) is 2.08. The number of benzene rings is 1. The van der Waals surface area contributed by atoms with Crippen LogP contribution in [0.15, 0.2) is 41.2 Å². The third kappa shape index (κ3) is 3.05. The van der Waals surface area contributed by atoms with Crippen molar-refractivity contribution in [3.8, 4) is 11.5 Å². The van der Waals surface area contributed by atoms with Gasteiger partial charge in [0.25, 0.3) is 5.91 Å². The predicted molar refractivity (Wildman–Crippen MR) is 89.6 cm³/mol. The number of nitrogens with zero attached hydrogens (tertiary/aromatic N) is 2. The fourth-order valence-electron chi connectivity index (χ4n) is 2.88. The van der Waals surface area contributed by atoms with Crippen molar-refractivity contribution >= 4 is 11.9 Å². The van der Waals surface area contributed by atoms with E-state index in [4.69, 9.17) is 14.2 Å². The molecule has 0 atom stereocenters. The van der Waals surface area contributed by atoms with Gasteiger partial charge in [-0.3, -0.25) is 4.79 Å². The Bertz CT molecular complexity index is 795. The minimum Gasteiger partial charge on any atom is -0.465 e. The number of amides is 1. The van der Waals surface area contributed by atoms with Gasteiger partial charge in [0.15, 0.2) is 11.5 Å². The Kier molecular flexibility index (Phi) is 4.39. The highest BCUT2D eigenvalue weighted by molar-refractivity contribution is 6.13. The second kappa shape index (κ2) is 6.51. The third-order valence-electron chi connectivity index (χ3n) is 4.07. The first-order valence-corrected chi connectivity index (χ1v) is 7.80. The van der Waals surface area contributed by atoms with E-state index in [1.54, 1.807) is 37.0 Å². The van der Waals surface area contributed by atoms with Gasteiger partial charge < -0.3 is 24.0 Å². The lowest BCUT2D eigenvalue weighted by atomic mass is 10.1. The molecule has 0 radical (unpaired) electrons. The number of esters is 1. The van der Waals surface area contributed by atoms with Gasteiger partial charge in [-0.25, -0.2) is 4.79 Å². The van der Waals surface area contributed by atoms with Gasteiger partial charge in [-0.05, 0) is 24.6 Å². The molecule has 132 valence electrons. The van der Waals surface area contributed by atoms with Crippen molar-refractivity contribution in [3.05, 3.63) is 46.8 Å². The van der Waals surface area contributed by atoms with E-state index in [0.29, 0.717) is 34.9 Å². The lowest BCUT2D eigenvalue weighted by Gasteiger charge is -2.18. The molecule has 1 aromatic carbocycles. The van der Waals surface area contributed by atoms with Gasteiger partial charge in [-0.1, -0.05) is 6.07 Å². The van der Waals surface area contributed by atoms with Crippen LogP contribution < -0.4 is 9.47 Å². The SMILES string of the molecule is COC(=O)C1=C(C)N(Cc2ccc3c(c2)OCO3)C(=O)C1=CN(C)C. The van der Waals surface area contributed by atoms with Crippen LogP contribution in [0.5, 0.6) is 11.5 Å². The highest BCUT2D eigenvalue weighted by atomic mass is 16.7. The monoisotopic (exact) mass is 344 g/mol. The lowest BCUT2D eigenvalue weighted by Crippen LogP contribution is -2.25. The van der Waals surface area contributed by atoms with E-state index in [0.717, 1.165) is 5.56 Å². The molecular formula is C18H20N2O5. The number of hydrogen-bond donors (Lipinski definition) is 0. The molecule has 0 aliphatic carbocycles. The average Bonchev–Trinajstić information content (AvgIpc) is 3.12. The van der Waals surface area contributed by atoms with E-state index in [9.17, 15) is 9.59 Å². The largest absolute Gasteiger partial charge is 0.465 e. The Morgan fingerprint density at radius 1 is 1.32 bits per heavy atom. The summed E-state index contributed by atoms with van der Waals surface area (Å²) in [5.74, 6) is 0.589. The number of ether oxygens (including phenoxy) is 3. The summed E-state index contributed by atoms with van der Waals surface area (Å²) in [4.78, 5) is 28.3. The molecule has 2 aliphatic rings. The van der Waals surface area contributed by atoms with Crippen molar-refractivity contribution in [3.63, 3.8) is 0 Å². The highest BCUT2D eigenvalue weighted by Gasteiger charge is 2.37. The van der Waals surface area contributed by atoms with Crippen LogP contribution in [0.25, 0.3) is 0 Å². The Morgan fingerprint density at radius 3 is 2.72 bits per heavy atom. The molecule has 7 nitrogen and oxygen atoms in total. The summed E-state index contributed by atoms with van der Waals surface area (Å²) < 4.78 is 15.5. The fraction of sp³-hybridized carbons (Fsp3) is 0.333. The highest BCUT2D eigenvalue weighted by Crippen LogP contribution is 2.35. The molecule has 1 amide bonds. The summed E-state index contributed by atoms with van der Waals surface area (Å²) in [6, 6.07) is 5.53. The van der Waals surface area contributed by atoms with Gasteiger partial charge in [0, 0.05) is 26.0 Å². The van der Waals surface area contributed by atoms with Crippen LogP contribution in [0.3, 0.4) is 0 Å². The number of carbonyl (C=O) groups is 2. The Morgan fingerprint density at radius 2 is 2.04 bits per heavy atom. The molecule has 2 aliphatic heterocycles. The topological polar surface area (TPSA) is 68.3 Å². The molecular weight excluding hydrogens is 324 g/mol. The van der Waals surface area contributed by atoms with Crippen LogP contribution in [0.4, 0.5) is 0 Å². The van der Waals surface area contributed by atoms with Crippen LogP contribution in [-0.4, -0.2) is 49.7 Å². The number of rotatable bonds is 4. The van der Waals surface area contributed by atoms with E-state index in [1.165, 1.54) is 7.11 Å². The molecule has 0 unspecified atom stereocenters.